The van der Waals surface area contributed by atoms with Crippen LogP contribution in [0.3, 0.4) is 0 Å². The van der Waals surface area contributed by atoms with Gasteiger partial charge in [0.05, 0.1) is 0 Å². The lowest BCUT2D eigenvalue weighted by molar-refractivity contribution is -0.0450. The average Bonchev–Trinajstić information content (AvgIpc) is 2.77. The summed E-state index contributed by atoms with van der Waals surface area (Å²) in [4.78, 5) is 20.3. The van der Waals surface area contributed by atoms with Crippen LogP contribution in [0.5, 0.6) is 11.6 Å². The van der Waals surface area contributed by atoms with E-state index in [0.717, 1.165) is 5.56 Å². The van der Waals surface area contributed by atoms with Crippen LogP contribution in [0.2, 0.25) is 10.0 Å². The van der Waals surface area contributed by atoms with Crippen LogP contribution < -0.4 is 14.8 Å². The summed E-state index contributed by atoms with van der Waals surface area (Å²) in [6.45, 7) is 3.71. The van der Waals surface area contributed by atoms with Crippen LogP contribution in [0.25, 0.3) is 0 Å². The van der Waals surface area contributed by atoms with Crippen molar-refractivity contribution in [2.75, 3.05) is 0 Å². The molecule has 120 valence electrons. The van der Waals surface area contributed by atoms with Crippen LogP contribution in [-0.2, 0) is 6.54 Å². The van der Waals surface area contributed by atoms with Gasteiger partial charge in [0.2, 0.25) is 11.5 Å². The molecule has 0 saturated heterocycles. The Labute approximate surface area is 142 Å². The molecule has 1 aromatic heterocycles. The first-order valence-electron chi connectivity index (χ1n) is 6.80. The molecule has 0 bridgehead atoms. The van der Waals surface area contributed by atoms with Gasteiger partial charge in [-0.05, 0) is 23.8 Å². The van der Waals surface area contributed by atoms with Crippen molar-refractivity contribution in [1.82, 2.24) is 15.3 Å². The Hall–Kier alpha value is -2.05. The van der Waals surface area contributed by atoms with Gasteiger partial charge < -0.3 is 14.8 Å². The fraction of sp³-hybridized carbons (Fsp3) is 0.267. The Morgan fingerprint density at radius 2 is 1.87 bits per heavy atom. The van der Waals surface area contributed by atoms with Crippen molar-refractivity contribution in [3.63, 3.8) is 0 Å². The van der Waals surface area contributed by atoms with Crippen LogP contribution in [-0.4, -0.2) is 21.7 Å². The summed E-state index contributed by atoms with van der Waals surface area (Å²) in [6.07, 6.45) is 1.26. The molecule has 0 saturated carbocycles. The summed E-state index contributed by atoms with van der Waals surface area (Å²) >= 11 is 11.9. The second-order valence-corrected chi connectivity index (χ2v) is 6.29. The van der Waals surface area contributed by atoms with Crippen LogP contribution in [0.4, 0.5) is 0 Å². The van der Waals surface area contributed by atoms with Gasteiger partial charge in [0.1, 0.15) is 6.33 Å². The van der Waals surface area contributed by atoms with E-state index in [4.69, 9.17) is 32.7 Å². The average molecular weight is 354 g/mol. The van der Waals surface area contributed by atoms with Crippen LogP contribution in [0, 0.1) is 0 Å². The second-order valence-electron chi connectivity index (χ2n) is 5.42. The zero-order valence-electron chi connectivity index (χ0n) is 12.4. The third-order valence-corrected chi connectivity index (χ3v) is 3.49. The summed E-state index contributed by atoms with van der Waals surface area (Å²) in [7, 11) is 0. The van der Waals surface area contributed by atoms with Crippen molar-refractivity contribution >= 4 is 29.1 Å². The number of amides is 1. The highest BCUT2D eigenvalue weighted by molar-refractivity contribution is 6.34. The molecule has 6 nitrogen and oxygen atoms in total. The quantitative estimate of drug-likeness (QED) is 0.916. The van der Waals surface area contributed by atoms with E-state index in [2.05, 4.69) is 15.3 Å². The van der Waals surface area contributed by atoms with E-state index < -0.39 is 11.7 Å². The van der Waals surface area contributed by atoms with Crippen molar-refractivity contribution < 1.29 is 14.3 Å². The van der Waals surface area contributed by atoms with Gasteiger partial charge in [-0.1, -0.05) is 23.2 Å². The number of nitrogens with zero attached hydrogens (tertiary/aromatic N) is 2. The van der Waals surface area contributed by atoms with Crippen LogP contribution in [0.1, 0.15) is 29.9 Å². The molecule has 0 aliphatic carbocycles. The standard InChI is InChI=1S/C15H13Cl2N3O3/c1-15(2)22-12-11(19-7-20-14(12)23-15)13(21)18-6-8-3-9(16)5-10(17)4-8/h3-5,7H,6H2,1-2H3,(H,18,21). The zero-order chi connectivity index (χ0) is 16.6. The smallest absolute Gasteiger partial charge is 0.274 e. The van der Waals surface area contributed by atoms with Crippen molar-refractivity contribution in [3.05, 3.63) is 45.8 Å². The third-order valence-electron chi connectivity index (χ3n) is 3.05. The van der Waals surface area contributed by atoms with E-state index >= 15 is 0 Å². The van der Waals surface area contributed by atoms with Crippen molar-refractivity contribution in [2.45, 2.75) is 26.2 Å². The Balaban J connectivity index is 1.76. The molecule has 2 heterocycles. The molecule has 1 amide bonds. The summed E-state index contributed by atoms with van der Waals surface area (Å²) in [5.74, 6) is -0.797. The van der Waals surface area contributed by atoms with Gasteiger partial charge in [0.25, 0.3) is 11.8 Å². The molecule has 1 aromatic carbocycles. The molecule has 0 unspecified atom stereocenters. The fourth-order valence-corrected chi connectivity index (χ4v) is 2.73. The molecular weight excluding hydrogens is 341 g/mol. The topological polar surface area (TPSA) is 73.3 Å². The third kappa shape index (κ3) is 3.48. The maximum atomic E-state index is 12.4. The highest BCUT2D eigenvalue weighted by Gasteiger charge is 2.36. The van der Waals surface area contributed by atoms with E-state index in [9.17, 15) is 4.79 Å². The number of rotatable bonds is 3. The molecule has 0 atom stereocenters. The molecule has 3 rings (SSSR count). The molecular formula is C15H13Cl2N3O3. The van der Waals surface area contributed by atoms with Crippen molar-refractivity contribution in [2.24, 2.45) is 0 Å². The van der Waals surface area contributed by atoms with E-state index in [1.54, 1.807) is 32.0 Å². The number of carbonyl (C=O) groups excluding carboxylic acids is 1. The number of aromatic nitrogens is 2. The number of carbonyl (C=O) groups is 1. The number of hydrogen-bond donors (Lipinski definition) is 1. The fourth-order valence-electron chi connectivity index (χ4n) is 2.16. The first-order valence-corrected chi connectivity index (χ1v) is 7.56. The minimum absolute atomic E-state index is 0.119. The summed E-state index contributed by atoms with van der Waals surface area (Å²) in [5, 5.41) is 3.75. The molecule has 1 aliphatic rings. The SMILES string of the molecule is CC1(C)Oc2ncnc(C(=O)NCc3cc(Cl)cc(Cl)c3)c2O1. The number of fused-ring (bicyclic) bond motifs is 1. The predicted molar refractivity (Wildman–Crippen MR) is 85.0 cm³/mol. The van der Waals surface area contributed by atoms with E-state index in [-0.39, 0.29) is 23.9 Å². The highest BCUT2D eigenvalue weighted by atomic mass is 35.5. The number of benzene rings is 1. The molecule has 0 fully saturated rings. The molecule has 1 aliphatic heterocycles. The summed E-state index contributed by atoms with van der Waals surface area (Å²) in [6, 6.07) is 5.07. The Morgan fingerprint density at radius 1 is 1.17 bits per heavy atom. The zero-order valence-corrected chi connectivity index (χ0v) is 13.9. The van der Waals surface area contributed by atoms with Crippen LogP contribution >= 0.6 is 23.2 Å². The van der Waals surface area contributed by atoms with Crippen molar-refractivity contribution in [3.8, 4) is 11.6 Å². The molecule has 23 heavy (non-hydrogen) atoms. The van der Waals surface area contributed by atoms with Gasteiger partial charge in [0, 0.05) is 30.4 Å². The normalized spacial score (nSPS) is 14.6. The van der Waals surface area contributed by atoms with Crippen molar-refractivity contribution in [1.29, 1.82) is 0 Å². The maximum Gasteiger partial charge on any atom is 0.274 e. The van der Waals surface area contributed by atoms with Gasteiger partial charge in [-0.3, -0.25) is 4.79 Å². The Bertz CT molecular complexity index is 760. The van der Waals surface area contributed by atoms with Gasteiger partial charge in [-0.25, -0.2) is 4.98 Å². The van der Waals surface area contributed by atoms with E-state index in [0.29, 0.717) is 10.0 Å². The number of halogens is 2. The summed E-state index contributed by atoms with van der Waals surface area (Å²) in [5.41, 5.74) is 0.896. The minimum Gasteiger partial charge on any atom is -0.445 e. The lowest BCUT2D eigenvalue weighted by Crippen LogP contribution is -2.30. The molecule has 8 heteroatoms. The molecule has 0 radical (unpaired) electrons. The number of hydrogen-bond acceptors (Lipinski definition) is 5. The minimum atomic E-state index is -0.881. The van der Waals surface area contributed by atoms with Gasteiger partial charge in [-0.15, -0.1) is 0 Å². The molecule has 2 aromatic rings. The van der Waals surface area contributed by atoms with Crippen LogP contribution in [0.15, 0.2) is 24.5 Å². The van der Waals surface area contributed by atoms with E-state index in [1.165, 1.54) is 6.33 Å². The largest absolute Gasteiger partial charge is 0.445 e. The maximum absolute atomic E-state index is 12.4. The Kier molecular flexibility index (Phi) is 4.04. The second kappa shape index (κ2) is 5.86. The lowest BCUT2D eigenvalue weighted by atomic mass is 10.2. The summed E-state index contributed by atoms with van der Waals surface area (Å²) < 4.78 is 11.1. The van der Waals surface area contributed by atoms with Gasteiger partial charge in [0.15, 0.2) is 5.69 Å². The highest BCUT2D eigenvalue weighted by Crippen LogP contribution is 2.38. The number of nitrogens with one attached hydrogen (secondary N) is 1. The Morgan fingerprint density at radius 3 is 2.57 bits per heavy atom. The molecule has 1 N–H and O–H groups in total. The first kappa shape index (κ1) is 15.8. The monoisotopic (exact) mass is 353 g/mol. The first-order chi connectivity index (χ1) is 10.8. The van der Waals surface area contributed by atoms with Gasteiger partial charge >= 0.3 is 0 Å². The predicted octanol–water partition coefficient (Wildman–Crippen LogP) is 3.22. The van der Waals surface area contributed by atoms with E-state index in [1.807, 2.05) is 0 Å². The number of ether oxygens (including phenoxy) is 2. The molecule has 0 spiro atoms. The lowest BCUT2D eigenvalue weighted by Gasteiger charge is -2.15. The van der Waals surface area contributed by atoms with Gasteiger partial charge in [-0.2, -0.15) is 4.98 Å².